The van der Waals surface area contributed by atoms with Gasteiger partial charge in [-0.25, -0.2) is 9.78 Å². The molecule has 3 nitrogen and oxygen atoms in total. The molecule has 0 amide bonds. The van der Waals surface area contributed by atoms with E-state index in [0.717, 1.165) is 16.6 Å². The molecule has 0 aliphatic heterocycles. The van der Waals surface area contributed by atoms with Crippen molar-refractivity contribution in [2.24, 2.45) is 0 Å². The Balaban J connectivity index is 2.43. The molecule has 0 atom stereocenters. The molecule has 86 valence electrons. The third kappa shape index (κ3) is 2.63. The molecule has 0 bridgehead atoms. The predicted octanol–water partition coefficient (Wildman–Crippen LogP) is 3.34. The summed E-state index contributed by atoms with van der Waals surface area (Å²) in [6, 6.07) is 11.6. The highest BCUT2D eigenvalue weighted by Crippen LogP contribution is 2.17. The normalized spacial score (nSPS) is 11.5. The summed E-state index contributed by atoms with van der Waals surface area (Å²) in [4.78, 5) is 15.4. The largest absolute Gasteiger partial charge is 0.349 e. The van der Waals surface area contributed by atoms with E-state index in [9.17, 15) is 4.79 Å². The van der Waals surface area contributed by atoms with Crippen molar-refractivity contribution < 1.29 is 9.08 Å². The Morgan fingerprint density at radius 2 is 2.06 bits per heavy atom. The number of halogens is 1. The maximum atomic E-state index is 11.0. The second kappa shape index (κ2) is 4.97. The zero-order chi connectivity index (χ0) is 12.3. The molecule has 0 aliphatic rings. The molecule has 0 aliphatic carbocycles. The van der Waals surface area contributed by atoms with Crippen LogP contribution in [0.2, 0.25) is 0 Å². The van der Waals surface area contributed by atoms with E-state index in [1.807, 2.05) is 36.4 Å². The van der Waals surface area contributed by atoms with Crippen molar-refractivity contribution in [3.8, 4) is 0 Å². The fourth-order valence-corrected chi connectivity index (χ4v) is 1.60. The Kier molecular flexibility index (Phi) is 3.40. The third-order valence-electron chi connectivity index (χ3n) is 2.41. The number of para-hydroxylation sites is 1. The van der Waals surface area contributed by atoms with Gasteiger partial charge in [0.1, 0.15) is 11.9 Å². The summed E-state index contributed by atoms with van der Waals surface area (Å²) in [5.41, 5.74) is 2.32. The van der Waals surface area contributed by atoms with E-state index < -0.39 is 5.97 Å². The fourth-order valence-electron chi connectivity index (χ4n) is 1.56. The maximum Gasteiger partial charge on any atom is 0.349 e. The zero-order valence-corrected chi connectivity index (χ0v) is 9.94. The smallest absolute Gasteiger partial charge is 0.344 e. The lowest BCUT2D eigenvalue weighted by atomic mass is 10.1. The first-order valence-electron chi connectivity index (χ1n) is 5.08. The number of benzene rings is 1. The number of hydrogen-bond acceptors (Lipinski definition) is 3. The minimum Gasteiger partial charge on any atom is -0.344 e. The van der Waals surface area contributed by atoms with E-state index in [1.165, 1.54) is 6.08 Å². The molecule has 17 heavy (non-hydrogen) atoms. The molecule has 2 aromatic rings. The van der Waals surface area contributed by atoms with Gasteiger partial charge in [0.15, 0.2) is 0 Å². The van der Waals surface area contributed by atoms with Crippen molar-refractivity contribution >= 4 is 34.3 Å². The van der Waals surface area contributed by atoms with E-state index in [0.29, 0.717) is 5.57 Å². The molecule has 0 spiro atoms. The topological polar surface area (TPSA) is 39.2 Å². The Morgan fingerprint density at radius 3 is 2.82 bits per heavy atom. The van der Waals surface area contributed by atoms with Gasteiger partial charge >= 0.3 is 5.97 Å². The first-order chi connectivity index (χ1) is 8.20. The molecule has 0 radical (unpaired) electrons. The number of pyridine rings is 1. The van der Waals surface area contributed by atoms with Crippen molar-refractivity contribution in [1.82, 2.24) is 4.98 Å². The van der Waals surface area contributed by atoms with Crippen LogP contribution >= 0.6 is 11.9 Å². The average Bonchev–Trinajstić information content (AvgIpc) is 2.38. The quantitative estimate of drug-likeness (QED) is 0.764. The lowest BCUT2D eigenvalue weighted by Crippen LogP contribution is -1.94. The van der Waals surface area contributed by atoms with Gasteiger partial charge in [0.2, 0.25) is 0 Å². The van der Waals surface area contributed by atoms with Gasteiger partial charge in [-0.15, -0.1) is 0 Å². The summed E-state index contributed by atoms with van der Waals surface area (Å²) in [7, 11) is 0. The lowest BCUT2D eigenvalue weighted by molar-refractivity contribution is -0.128. The number of hydrogen-bond donors (Lipinski definition) is 0. The van der Waals surface area contributed by atoms with Crippen molar-refractivity contribution in [2.75, 3.05) is 0 Å². The van der Waals surface area contributed by atoms with E-state index >= 15 is 0 Å². The molecule has 1 aromatic carbocycles. The highest BCUT2D eigenvalue weighted by molar-refractivity contribution is 6.15. The molecule has 0 saturated carbocycles. The molecule has 1 heterocycles. The first-order valence-corrected chi connectivity index (χ1v) is 5.38. The van der Waals surface area contributed by atoms with Crippen LogP contribution in [-0.4, -0.2) is 11.0 Å². The Hall–Kier alpha value is -1.87. The fraction of sp³-hybridized carbons (Fsp3) is 0.0769. The Morgan fingerprint density at radius 1 is 1.29 bits per heavy atom. The third-order valence-corrected chi connectivity index (χ3v) is 2.56. The maximum absolute atomic E-state index is 11.0. The van der Waals surface area contributed by atoms with Gasteiger partial charge in [-0.3, -0.25) is 0 Å². The van der Waals surface area contributed by atoms with Crippen molar-refractivity contribution in [2.45, 2.75) is 6.92 Å². The van der Waals surface area contributed by atoms with Crippen LogP contribution in [0.3, 0.4) is 0 Å². The first kappa shape index (κ1) is 11.6. The molecule has 1 aromatic heterocycles. The minimum absolute atomic E-state index is 0.598. The van der Waals surface area contributed by atoms with Crippen LogP contribution in [0.1, 0.15) is 12.6 Å². The monoisotopic (exact) mass is 247 g/mol. The molecule has 2 rings (SSSR count). The summed E-state index contributed by atoms with van der Waals surface area (Å²) in [6.45, 7) is 1.78. The molecule has 0 fully saturated rings. The summed E-state index contributed by atoms with van der Waals surface area (Å²) in [6.07, 6.45) is 1.31. The lowest BCUT2D eigenvalue weighted by Gasteiger charge is -2.02. The van der Waals surface area contributed by atoms with Gasteiger partial charge in [0.05, 0.1) is 11.2 Å². The Labute approximate surface area is 104 Å². The van der Waals surface area contributed by atoms with E-state index in [4.69, 9.17) is 11.9 Å². The number of carbonyl (C=O) groups excluding carboxylic acids is 1. The molecule has 0 unspecified atom stereocenters. The molecular weight excluding hydrogens is 238 g/mol. The standard InChI is InChI=1S/C13H10ClNO2/c1-9(8-13(16)17-14)11-7-6-10-4-2-3-5-12(10)15-11/h2-8H,1H3/b9-8+. The molecular formula is C13H10ClNO2. The minimum atomic E-state index is -0.598. The summed E-state index contributed by atoms with van der Waals surface area (Å²) >= 11 is 4.96. The van der Waals surface area contributed by atoms with Crippen LogP contribution in [0.15, 0.2) is 42.5 Å². The highest BCUT2D eigenvalue weighted by atomic mass is 35.5. The van der Waals surface area contributed by atoms with E-state index in [2.05, 4.69) is 9.27 Å². The van der Waals surface area contributed by atoms with E-state index in [1.54, 1.807) is 6.92 Å². The van der Waals surface area contributed by atoms with Gasteiger partial charge in [-0.1, -0.05) is 24.3 Å². The van der Waals surface area contributed by atoms with Crippen molar-refractivity contribution in [3.63, 3.8) is 0 Å². The number of allylic oxidation sites excluding steroid dienone is 1. The number of aromatic nitrogens is 1. The summed E-state index contributed by atoms with van der Waals surface area (Å²) in [5.74, 6) is -0.598. The second-order valence-corrected chi connectivity index (χ2v) is 3.77. The number of fused-ring (bicyclic) bond motifs is 1. The molecule has 0 N–H and O–H groups in total. The molecule has 0 saturated heterocycles. The van der Waals surface area contributed by atoms with Crippen LogP contribution in [0.25, 0.3) is 16.5 Å². The van der Waals surface area contributed by atoms with Crippen molar-refractivity contribution in [3.05, 3.63) is 48.2 Å². The molecule has 4 heteroatoms. The van der Waals surface area contributed by atoms with Crippen LogP contribution in [0, 0.1) is 0 Å². The zero-order valence-electron chi connectivity index (χ0n) is 9.18. The summed E-state index contributed by atoms with van der Waals surface area (Å²) < 4.78 is 4.06. The van der Waals surface area contributed by atoms with Gasteiger partial charge in [-0.2, -0.15) is 0 Å². The summed E-state index contributed by atoms with van der Waals surface area (Å²) in [5, 5.41) is 1.06. The van der Waals surface area contributed by atoms with Crippen LogP contribution in [-0.2, 0) is 9.08 Å². The van der Waals surface area contributed by atoms with Gasteiger partial charge in [-0.05, 0) is 24.6 Å². The Bertz CT molecular complexity index is 593. The number of nitrogens with zero attached hydrogens (tertiary/aromatic N) is 1. The van der Waals surface area contributed by atoms with Gasteiger partial charge < -0.3 is 4.29 Å². The average molecular weight is 248 g/mol. The second-order valence-electron chi connectivity index (χ2n) is 3.61. The van der Waals surface area contributed by atoms with Crippen LogP contribution in [0.4, 0.5) is 0 Å². The van der Waals surface area contributed by atoms with Crippen molar-refractivity contribution in [1.29, 1.82) is 0 Å². The van der Waals surface area contributed by atoms with Crippen LogP contribution in [0.5, 0.6) is 0 Å². The SMILES string of the molecule is C/C(=C\C(=O)OCl)c1ccc2ccccc2n1. The highest BCUT2D eigenvalue weighted by Gasteiger charge is 2.03. The number of carbonyl (C=O) groups is 1. The predicted molar refractivity (Wildman–Crippen MR) is 67.3 cm³/mol. The number of rotatable bonds is 2. The van der Waals surface area contributed by atoms with Crippen LogP contribution < -0.4 is 0 Å². The van der Waals surface area contributed by atoms with E-state index in [-0.39, 0.29) is 0 Å². The van der Waals surface area contributed by atoms with Gasteiger partial charge in [0, 0.05) is 11.5 Å². The van der Waals surface area contributed by atoms with Gasteiger partial charge in [0.25, 0.3) is 0 Å².